The molecule has 1 aliphatic heterocycles. The van der Waals surface area contributed by atoms with Crippen LogP contribution in [0, 0.1) is 6.92 Å². The molecule has 2 aromatic rings. The van der Waals surface area contributed by atoms with Crippen LogP contribution in [0.5, 0.6) is 11.5 Å². The number of rotatable bonds is 7. The molecule has 29 heavy (non-hydrogen) atoms. The molecule has 0 bridgehead atoms. The molecule has 0 aromatic heterocycles. The predicted molar refractivity (Wildman–Crippen MR) is 105 cm³/mol. The van der Waals surface area contributed by atoms with Gasteiger partial charge in [0.05, 0.1) is 7.11 Å². The van der Waals surface area contributed by atoms with Crippen LogP contribution in [-0.4, -0.2) is 30.0 Å². The highest BCUT2D eigenvalue weighted by Gasteiger charge is 2.32. The van der Waals surface area contributed by atoms with Crippen molar-refractivity contribution < 1.29 is 28.7 Å². The van der Waals surface area contributed by atoms with E-state index in [-0.39, 0.29) is 12.8 Å². The smallest absolute Gasteiger partial charge is 0.356 e. The second-order valence-corrected chi connectivity index (χ2v) is 6.49. The molecule has 1 saturated heterocycles. The number of hydroxylamine groups is 2. The molecule has 2 aromatic carbocycles. The van der Waals surface area contributed by atoms with Crippen molar-refractivity contribution in [3.05, 3.63) is 65.2 Å². The highest BCUT2D eigenvalue weighted by molar-refractivity contribution is 6.02. The maximum atomic E-state index is 11.8. The van der Waals surface area contributed by atoms with Crippen LogP contribution in [0.25, 0.3) is 6.08 Å². The predicted octanol–water partition coefficient (Wildman–Crippen LogP) is 3.20. The first-order valence-electron chi connectivity index (χ1n) is 9.08. The lowest BCUT2D eigenvalue weighted by molar-refractivity contribution is -0.193. The van der Waals surface area contributed by atoms with Crippen LogP contribution in [-0.2, 0) is 25.8 Å². The van der Waals surface area contributed by atoms with Crippen molar-refractivity contribution in [3.63, 3.8) is 0 Å². The monoisotopic (exact) mass is 395 g/mol. The Morgan fingerprint density at radius 1 is 1.07 bits per heavy atom. The van der Waals surface area contributed by atoms with E-state index in [4.69, 9.17) is 14.3 Å². The molecule has 7 nitrogen and oxygen atoms in total. The Morgan fingerprint density at radius 3 is 2.41 bits per heavy atom. The third-order valence-electron chi connectivity index (χ3n) is 4.36. The zero-order valence-electron chi connectivity index (χ0n) is 16.2. The minimum absolute atomic E-state index is 0.0622. The first-order chi connectivity index (χ1) is 14.0. The molecule has 3 rings (SSSR count). The second-order valence-electron chi connectivity index (χ2n) is 6.49. The molecule has 1 heterocycles. The molecule has 0 aliphatic carbocycles. The molecule has 2 amide bonds. The van der Waals surface area contributed by atoms with E-state index in [1.807, 2.05) is 25.1 Å². The number of hydrogen-bond donors (Lipinski definition) is 0. The van der Waals surface area contributed by atoms with E-state index in [2.05, 4.69) is 0 Å². The maximum absolute atomic E-state index is 11.8. The summed E-state index contributed by atoms with van der Waals surface area (Å²) in [5.41, 5.74) is 2.79. The average Bonchev–Trinajstić information content (AvgIpc) is 3.04. The van der Waals surface area contributed by atoms with E-state index < -0.39 is 17.8 Å². The van der Waals surface area contributed by atoms with Crippen molar-refractivity contribution in [2.75, 3.05) is 7.11 Å². The number of ether oxygens (including phenoxy) is 2. The standard InChI is InChI=1S/C22H21NO6/c1-15-3-4-17(13-19(15)27-2)14-28-18-8-5-16(6-9-18)7-12-22(26)29-23-20(24)10-11-21(23)25/h3-9,12-13H,10-11,14H2,1-2H3/b12-7+. The number of benzene rings is 2. The van der Waals surface area contributed by atoms with Gasteiger partial charge in [0.1, 0.15) is 18.1 Å². The third kappa shape index (κ3) is 5.22. The molecule has 0 N–H and O–H groups in total. The SMILES string of the molecule is COc1cc(COc2ccc(/C=C/C(=O)ON3C(=O)CCC3=O)cc2)ccc1C. The Kier molecular flexibility index (Phi) is 6.29. The molecule has 0 atom stereocenters. The molecule has 1 aliphatic rings. The van der Waals surface area contributed by atoms with E-state index in [0.29, 0.717) is 17.4 Å². The molecular weight excluding hydrogens is 374 g/mol. The van der Waals surface area contributed by atoms with Gasteiger partial charge in [-0.05, 0) is 47.9 Å². The number of hydrogen-bond acceptors (Lipinski definition) is 6. The summed E-state index contributed by atoms with van der Waals surface area (Å²) in [7, 11) is 1.63. The van der Waals surface area contributed by atoms with E-state index in [1.54, 1.807) is 31.4 Å². The number of carbonyl (C=O) groups excluding carboxylic acids is 3. The average molecular weight is 395 g/mol. The molecule has 0 unspecified atom stereocenters. The lowest BCUT2D eigenvalue weighted by Gasteiger charge is -2.10. The lowest BCUT2D eigenvalue weighted by Crippen LogP contribution is -2.31. The molecule has 7 heteroatoms. The lowest BCUT2D eigenvalue weighted by atomic mass is 10.1. The molecule has 0 radical (unpaired) electrons. The number of imide groups is 1. The Labute approximate surface area is 168 Å². The summed E-state index contributed by atoms with van der Waals surface area (Å²) >= 11 is 0. The van der Waals surface area contributed by atoms with Crippen LogP contribution in [0.1, 0.15) is 29.5 Å². The molecule has 1 fully saturated rings. The first kappa shape index (κ1) is 20.1. The molecule has 0 saturated carbocycles. The number of methoxy groups -OCH3 is 1. The van der Waals surface area contributed by atoms with Crippen molar-refractivity contribution in [3.8, 4) is 11.5 Å². The van der Waals surface area contributed by atoms with Crippen LogP contribution in [0.2, 0.25) is 0 Å². The number of amides is 2. The van der Waals surface area contributed by atoms with Crippen LogP contribution in [0.15, 0.2) is 48.5 Å². The number of carbonyl (C=O) groups is 3. The summed E-state index contributed by atoms with van der Waals surface area (Å²) in [6.07, 6.45) is 2.81. The van der Waals surface area contributed by atoms with Gasteiger partial charge in [0.2, 0.25) is 0 Å². The van der Waals surface area contributed by atoms with Crippen LogP contribution in [0.4, 0.5) is 0 Å². The largest absolute Gasteiger partial charge is 0.496 e. The van der Waals surface area contributed by atoms with Crippen LogP contribution >= 0.6 is 0 Å². The normalized spacial score (nSPS) is 13.8. The summed E-state index contributed by atoms with van der Waals surface area (Å²) in [5, 5.41) is 0.518. The van der Waals surface area contributed by atoms with Gasteiger partial charge in [-0.15, -0.1) is 5.06 Å². The summed E-state index contributed by atoms with van der Waals surface area (Å²) < 4.78 is 11.1. The van der Waals surface area contributed by atoms with Crippen molar-refractivity contribution >= 4 is 23.9 Å². The fourth-order valence-electron chi connectivity index (χ4n) is 2.74. The fraction of sp³-hybridized carbons (Fsp3) is 0.227. The van der Waals surface area contributed by atoms with Gasteiger partial charge < -0.3 is 14.3 Å². The van der Waals surface area contributed by atoms with Crippen LogP contribution in [0.3, 0.4) is 0 Å². The third-order valence-corrected chi connectivity index (χ3v) is 4.36. The van der Waals surface area contributed by atoms with Crippen molar-refractivity contribution in [1.82, 2.24) is 5.06 Å². The summed E-state index contributed by atoms with van der Waals surface area (Å²) in [6.45, 7) is 2.38. The zero-order valence-corrected chi connectivity index (χ0v) is 16.2. The van der Waals surface area contributed by atoms with Gasteiger partial charge >= 0.3 is 5.97 Å². The Morgan fingerprint density at radius 2 is 1.76 bits per heavy atom. The van der Waals surface area contributed by atoms with Gasteiger partial charge in [-0.1, -0.05) is 24.3 Å². The van der Waals surface area contributed by atoms with E-state index in [9.17, 15) is 14.4 Å². The van der Waals surface area contributed by atoms with Gasteiger partial charge in [-0.25, -0.2) is 4.79 Å². The fourth-order valence-corrected chi connectivity index (χ4v) is 2.74. The molecular formula is C22H21NO6. The molecule has 150 valence electrons. The Hall–Kier alpha value is -3.61. The van der Waals surface area contributed by atoms with E-state index >= 15 is 0 Å². The first-order valence-corrected chi connectivity index (χ1v) is 9.08. The highest BCUT2D eigenvalue weighted by atomic mass is 16.7. The van der Waals surface area contributed by atoms with Gasteiger partial charge in [-0.3, -0.25) is 9.59 Å². The van der Waals surface area contributed by atoms with Crippen molar-refractivity contribution in [2.24, 2.45) is 0 Å². The van der Waals surface area contributed by atoms with E-state index in [0.717, 1.165) is 28.5 Å². The summed E-state index contributed by atoms with van der Waals surface area (Å²) in [6, 6.07) is 13.0. The topological polar surface area (TPSA) is 82.1 Å². The minimum Gasteiger partial charge on any atom is -0.496 e. The quantitative estimate of drug-likeness (QED) is 0.529. The van der Waals surface area contributed by atoms with Gasteiger partial charge in [0, 0.05) is 18.9 Å². The van der Waals surface area contributed by atoms with Crippen molar-refractivity contribution in [1.29, 1.82) is 0 Å². The van der Waals surface area contributed by atoms with Gasteiger partial charge in [0.25, 0.3) is 11.8 Å². The summed E-state index contributed by atoms with van der Waals surface area (Å²) in [5.74, 6) is -0.315. The van der Waals surface area contributed by atoms with Crippen molar-refractivity contribution in [2.45, 2.75) is 26.4 Å². The van der Waals surface area contributed by atoms with Gasteiger partial charge in [0.15, 0.2) is 0 Å². The number of aryl methyl sites for hydroxylation is 1. The number of nitrogens with zero attached hydrogens (tertiary/aromatic N) is 1. The summed E-state index contributed by atoms with van der Waals surface area (Å²) in [4.78, 5) is 39.4. The minimum atomic E-state index is -0.790. The van der Waals surface area contributed by atoms with E-state index in [1.165, 1.54) is 6.08 Å². The zero-order chi connectivity index (χ0) is 20.8. The van der Waals surface area contributed by atoms with Gasteiger partial charge in [-0.2, -0.15) is 0 Å². The Bertz CT molecular complexity index is 932. The maximum Gasteiger partial charge on any atom is 0.356 e. The van der Waals surface area contributed by atoms with Crippen LogP contribution < -0.4 is 9.47 Å². The molecule has 0 spiro atoms. The Balaban J connectivity index is 1.53. The highest BCUT2D eigenvalue weighted by Crippen LogP contribution is 2.21. The second kappa shape index (κ2) is 9.05.